The van der Waals surface area contributed by atoms with Gasteiger partial charge < -0.3 is 9.47 Å². The molecule has 3 nitrogen and oxygen atoms in total. The van der Waals surface area contributed by atoms with E-state index >= 15 is 0 Å². The van der Waals surface area contributed by atoms with Crippen LogP contribution in [-0.4, -0.2) is 19.2 Å². The lowest BCUT2D eigenvalue weighted by Crippen LogP contribution is -2.00. The molecule has 0 aliphatic rings. The van der Waals surface area contributed by atoms with Crippen LogP contribution < -0.4 is 9.47 Å². The molecule has 5 heteroatoms. The van der Waals surface area contributed by atoms with Gasteiger partial charge in [-0.05, 0) is 52.8 Å². The third-order valence-corrected chi connectivity index (χ3v) is 5.33. The molecule has 4 aromatic rings. The molecule has 1 aromatic heterocycles. The first-order valence-electron chi connectivity index (χ1n) is 9.49. The summed E-state index contributed by atoms with van der Waals surface area (Å²) in [4.78, 5) is 4.82. The van der Waals surface area contributed by atoms with Gasteiger partial charge in [-0.1, -0.05) is 54.1 Å². The van der Waals surface area contributed by atoms with Crippen LogP contribution in [0.4, 0.5) is 0 Å². The summed E-state index contributed by atoms with van der Waals surface area (Å²) in [6.07, 6.45) is 3.50. The lowest BCUT2D eigenvalue weighted by Gasteiger charge is -2.15. The lowest BCUT2D eigenvalue weighted by molar-refractivity contribution is 0.356. The molecular weight excluding hydrogens is 462 g/mol. The van der Waals surface area contributed by atoms with E-state index < -0.39 is 0 Å². The number of nitrogens with zero attached hydrogens (tertiary/aromatic N) is 1. The molecule has 154 valence electrons. The molecule has 0 unspecified atom stereocenters. The Balaban J connectivity index is 0.00000256. The maximum Gasteiger partial charge on any atom is 0.161 e. The highest BCUT2D eigenvalue weighted by molar-refractivity contribution is 8.93. The quantitative estimate of drug-likeness (QED) is 0.306. The molecule has 0 saturated carbocycles. The number of hydrogen-bond donors (Lipinski definition) is 0. The zero-order valence-corrected chi connectivity index (χ0v) is 19.4. The maximum atomic E-state index is 6.04. The number of ether oxygens (including phenoxy) is 2. The zero-order chi connectivity index (χ0) is 20.2. The summed E-state index contributed by atoms with van der Waals surface area (Å²) >= 11 is 6.04. The Morgan fingerprint density at radius 2 is 1.37 bits per heavy atom. The molecule has 0 bridgehead atoms. The van der Waals surface area contributed by atoms with Crippen LogP contribution in [0.5, 0.6) is 11.5 Å². The number of hydrogen-bond acceptors (Lipinski definition) is 3. The Labute approximate surface area is 192 Å². The van der Waals surface area contributed by atoms with Crippen molar-refractivity contribution >= 4 is 39.4 Å². The number of rotatable bonds is 6. The molecule has 0 saturated heterocycles. The van der Waals surface area contributed by atoms with Crippen molar-refractivity contribution in [3.8, 4) is 11.5 Å². The third-order valence-electron chi connectivity index (χ3n) is 5.08. The largest absolute Gasteiger partial charge is 0.493 e. The molecule has 0 aliphatic carbocycles. The SMILES string of the molecule is Br.COc1cc2c(Cc3ccc(Cl)cc3)cnc(Cc3ccccc3)c2cc1OC. The molecule has 3 aromatic carbocycles. The second kappa shape index (κ2) is 9.96. The van der Waals surface area contributed by atoms with E-state index in [4.69, 9.17) is 26.1 Å². The van der Waals surface area contributed by atoms with E-state index in [1.165, 1.54) is 11.1 Å². The van der Waals surface area contributed by atoms with Gasteiger partial charge in [0.2, 0.25) is 0 Å². The van der Waals surface area contributed by atoms with Crippen LogP contribution >= 0.6 is 28.6 Å². The van der Waals surface area contributed by atoms with Gasteiger partial charge >= 0.3 is 0 Å². The summed E-state index contributed by atoms with van der Waals surface area (Å²) in [5, 5.41) is 2.94. The smallest absolute Gasteiger partial charge is 0.161 e. The molecule has 0 atom stereocenters. The van der Waals surface area contributed by atoms with Crippen molar-refractivity contribution in [3.63, 3.8) is 0 Å². The van der Waals surface area contributed by atoms with Gasteiger partial charge in [-0.2, -0.15) is 0 Å². The molecule has 4 rings (SSSR count). The number of pyridine rings is 1. The van der Waals surface area contributed by atoms with Crippen LogP contribution in [0.25, 0.3) is 10.8 Å². The Hall–Kier alpha value is -2.56. The third kappa shape index (κ3) is 4.77. The van der Waals surface area contributed by atoms with Crippen LogP contribution in [0, 0.1) is 0 Å². The van der Waals surface area contributed by atoms with Gasteiger partial charge in [-0.25, -0.2) is 0 Å². The van der Waals surface area contributed by atoms with Crippen LogP contribution in [0.3, 0.4) is 0 Å². The van der Waals surface area contributed by atoms with Gasteiger partial charge in [0.05, 0.1) is 19.9 Å². The fraction of sp³-hybridized carbons (Fsp3) is 0.160. The van der Waals surface area contributed by atoms with Gasteiger partial charge in [-0.15, -0.1) is 17.0 Å². The second-order valence-electron chi connectivity index (χ2n) is 6.95. The molecule has 0 amide bonds. The summed E-state index contributed by atoms with van der Waals surface area (Å²) in [6, 6.07) is 22.4. The monoisotopic (exact) mass is 483 g/mol. The van der Waals surface area contributed by atoms with Crippen molar-refractivity contribution in [2.24, 2.45) is 0 Å². The van der Waals surface area contributed by atoms with Gasteiger partial charge in [-0.3, -0.25) is 4.98 Å². The molecular formula is C25H23BrClNO2. The van der Waals surface area contributed by atoms with Crippen LogP contribution in [0.2, 0.25) is 5.02 Å². The molecule has 0 fully saturated rings. The molecule has 0 N–H and O–H groups in total. The highest BCUT2D eigenvalue weighted by atomic mass is 79.9. The van der Waals surface area contributed by atoms with Crippen LogP contribution in [0.15, 0.2) is 72.9 Å². The van der Waals surface area contributed by atoms with E-state index in [0.29, 0.717) is 11.5 Å². The zero-order valence-electron chi connectivity index (χ0n) is 16.9. The standard InChI is InChI=1S/C25H22ClNO2.BrH/c1-28-24-14-21-19(12-18-8-10-20(26)11-9-18)16-27-23(22(21)15-25(24)29-2)13-17-6-4-3-5-7-17;/h3-11,14-16H,12-13H2,1-2H3;1H. The first kappa shape index (κ1) is 22.1. The summed E-state index contributed by atoms with van der Waals surface area (Å²) in [6.45, 7) is 0. The minimum absolute atomic E-state index is 0. The summed E-state index contributed by atoms with van der Waals surface area (Å²) in [5.41, 5.74) is 4.57. The highest BCUT2D eigenvalue weighted by Crippen LogP contribution is 2.36. The number of fused-ring (bicyclic) bond motifs is 1. The van der Waals surface area contributed by atoms with Crippen molar-refractivity contribution < 1.29 is 9.47 Å². The Bertz CT molecular complexity index is 1130. The van der Waals surface area contributed by atoms with E-state index in [1.807, 2.05) is 42.6 Å². The van der Waals surface area contributed by atoms with Crippen molar-refractivity contribution in [3.05, 3.63) is 100 Å². The summed E-state index contributed by atoms with van der Waals surface area (Å²) < 4.78 is 11.1. The molecule has 0 aliphatic heterocycles. The molecule has 0 radical (unpaired) electrons. The Kier molecular flexibility index (Phi) is 7.35. The van der Waals surface area contributed by atoms with E-state index in [-0.39, 0.29) is 17.0 Å². The van der Waals surface area contributed by atoms with Crippen molar-refractivity contribution in [2.45, 2.75) is 12.8 Å². The highest BCUT2D eigenvalue weighted by Gasteiger charge is 2.14. The first-order chi connectivity index (χ1) is 14.2. The minimum Gasteiger partial charge on any atom is -0.493 e. The Morgan fingerprint density at radius 1 is 0.767 bits per heavy atom. The average Bonchev–Trinajstić information content (AvgIpc) is 2.76. The normalized spacial score (nSPS) is 10.5. The van der Waals surface area contributed by atoms with E-state index in [9.17, 15) is 0 Å². The van der Waals surface area contributed by atoms with Gasteiger partial charge in [0.1, 0.15) is 0 Å². The summed E-state index contributed by atoms with van der Waals surface area (Å²) in [7, 11) is 3.32. The topological polar surface area (TPSA) is 31.4 Å². The average molecular weight is 485 g/mol. The molecule has 1 heterocycles. The molecule has 0 spiro atoms. The van der Waals surface area contributed by atoms with Crippen molar-refractivity contribution in [2.75, 3.05) is 14.2 Å². The number of aromatic nitrogens is 1. The van der Waals surface area contributed by atoms with Gasteiger partial charge in [0.25, 0.3) is 0 Å². The van der Waals surface area contributed by atoms with Crippen molar-refractivity contribution in [1.29, 1.82) is 0 Å². The van der Waals surface area contributed by atoms with Gasteiger partial charge in [0.15, 0.2) is 11.5 Å². The number of methoxy groups -OCH3 is 2. The van der Waals surface area contributed by atoms with E-state index in [1.54, 1.807) is 14.2 Å². The predicted octanol–water partition coefficient (Wildman–Crippen LogP) is 6.66. The van der Waals surface area contributed by atoms with E-state index in [0.717, 1.165) is 39.9 Å². The predicted molar refractivity (Wildman–Crippen MR) is 129 cm³/mol. The minimum atomic E-state index is 0. The second-order valence-corrected chi connectivity index (χ2v) is 7.38. The lowest BCUT2D eigenvalue weighted by atomic mass is 9.96. The van der Waals surface area contributed by atoms with E-state index in [2.05, 4.69) is 30.3 Å². The molecule has 30 heavy (non-hydrogen) atoms. The fourth-order valence-electron chi connectivity index (χ4n) is 3.57. The fourth-order valence-corrected chi connectivity index (χ4v) is 3.70. The van der Waals surface area contributed by atoms with Crippen LogP contribution in [-0.2, 0) is 12.8 Å². The van der Waals surface area contributed by atoms with Gasteiger partial charge in [0, 0.05) is 23.0 Å². The Morgan fingerprint density at radius 3 is 2.00 bits per heavy atom. The number of benzene rings is 3. The maximum absolute atomic E-state index is 6.04. The first-order valence-corrected chi connectivity index (χ1v) is 9.86. The summed E-state index contributed by atoms with van der Waals surface area (Å²) in [5.74, 6) is 1.42. The van der Waals surface area contributed by atoms with Crippen molar-refractivity contribution in [1.82, 2.24) is 4.98 Å². The van der Waals surface area contributed by atoms with Crippen LogP contribution in [0.1, 0.15) is 22.4 Å². The number of halogens is 2.